The van der Waals surface area contributed by atoms with Crippen molar-refractivity contribution in [3.05, 3.63) is 35.4 Å². The molecule has 14 heavy (non-hydrogen) atoms. The van der Waals surface area contributed by atoms with Gasteiger partial charge in [0.15, 0.2) is 0 Å². The average molecular weight is 200 g/mol. The van der Waals surface area contributed by atoms with Gasteiger partial charge in [-0.25, -0.2) is 8.78 Å². The first-order chi connectivity index (χ1) is 6.61. The number of carboxylic acid groups (broad SMARTS) is 1. The van der Waals surface area contributed by atoms with E-state index in [1.54, 1.807) is 6.07 Å². The highest BCUT2D eigenvalue weighted by Gasteiger charge is 2.12. The highest BCUT2D eigenvalue weighted by molar-refractivity contribution is 5.67. The van der Waals surface area contributed by atoms with Crippen molar-refractivity contribution in [1.29, 1.82) is 0 Å². The van der Waals surface area contributed by atoms with Crippen LogP contribution in [0.25, 0.3) is 0 Å². The van der Waals surface area contributed by atoms with Crippen molar-refractivity contribution in [3.8, 4) is 0 Å². The molecule has 0 aliphatic heterocycles. The molecule has 0 bridgehead atoms. The molecule has 76 valence electrons. The van der Waals surface area contributed by atoms with Gasteiger partial charge in [0, 0.05) is 12.0 Å². The summed E-state index contributed by atoms with van der Waals surface area (Å²) in [6, 6.07) is 6.00. The second kappa shape index (κ2) is 4.69. The van der Waals surface area contributed by atoms with Gasteiger partial charge in [-0.2, -0.15) is 0 Å². The minimum Gasteiger partial charge on any atom is -0.481 e. The Kier molecular flexibility index (Phi) is 3.56. The van der Waals surface area contributed by atoms with Gasteiger partial charge in [-0.05, 0) is 12.0 Å². The molecule has 0 spiro atoms. The summed E-state index contributed by atoms with van der Waals surface area (Å²) in [5.41, 5.74) is 0.332. The Morgan fingerprint density at radius 3 is 2.57 bits per heavy atom. The van der Waals surface area contributed by atoms with Crippen molar-refractivity contribution in [3.63, 3.8) is 0 Å². The number of carboxylic acids is 1. The Labute approximate surface area is 80.2 Å². The molecule has 1 N–H and O–H groups in total. The first-order valence-corrected chi connectivity index (χ1v) is 4.19. The monoisotopic (exact) mass is 200 g/mol. The summed E-state index contributed by atoms with van der Waals surface area (Å²) in [6.07, 6.45) is -2.51. The number of hydrogen-bond donors (Lipinski definition) is 1. The number of benzene rings is 1. The van der Waals surface area contributed by atoms with E-state index in [0.717, 1.165) is 0 Å². The molecule has 0 heterocycles. The van der Waals surface area contributed by atoms with E-state index >= 15 is 0 Å². The molecule has 0 aromatic heterocycles. The van der Waals surface area contributed by atoms with Crippen molar-refractivity contribution in [2.24, 2.45) is 0 Å². The van der Waals surface area contributed by atoms with E-state index in [1.165, 1.54) is 18.2 Å². The third kappa shape index (κ3) is 2.80. The molecule has 1 rings (SSSR count). The number of aliphatic carboxylic acids is 1. The third-order valence-electron chi connectivity index (χ3n) is 1.90. The number of hydrogen-bond acceptors (Lipinski definition) is 1. The Morgan fingerprint density at radius 1 is 1.36 bits per heavy atom. The maximum atomic E-state index is 12.4. The summed E-state index contributed by atoms with van der Waals surface area (Å²) in [5.74, 6) is -0.978. The van der Waals surface area contributed by atoms with Crippen LogP contribution in [0.3, 0.4) is 0 Å². The van der Waals surface area contributed by atoms with Crippen molar-refractivity contribution in [1.82, 2.24) is 0 Å². The van der Waals surface area contributed by atoms with Crippen LogP contribution >= 0.6 is 0 Å². The van der Waals surface area contributed by atoms with Gasteiger partial charge in [0.25, 0.3) is 6.43 Å². The largest absolute Gasteiger partial charge is 0.481 e. The molecule has 0 unspecified atom stereocenters. The summed E-state index contributed by atoms with van der Waals surface area (Å²) in [7, 11) is 0. The zero-order valence-electron chi connectivity index (χ0n) is 7.41. The van der Waals surface area contributed by atoms with Gasteiger partial charge in [0.1, 0.15) is 0 Å². The van der Waals surface area contributed by atoms with Crippen LogP contribution < -0.4 is 0 Å². The molecule has 0 aliphatic carbocycles. The summed E-state index contributed by atoms with van der Waals surface area (Å²) < 4.78 is 24.8. The SMILES string of the molecule is O=C(O)CCc1ccccc1C(F)F. The first kappa shape index (κ1) is 10.6. The molecule has 0 fully saturated rings. The molecular weight excluding hydrogens is 190 g/mol. The maximum absolute atomic E-state index is 12.4. The van der Waals surface area contributed by atoms with Gasteiger partial charge in [-0.3, -0.25) is 4.79 Å². The third-order valence-corrected chi connectivity index (χ3v) is 1.90. The van der Waals surface area contributed by atoms with Gasteiger partial charge in [-0.1, -0.05) is 24.3 Å². The van der Waals surface area contributed by atoms with E-state index in [-0.39, 0.29) is 18.4 Å². The standard InChI is InChI=1S/C10H10F2O2/c11-10(12)8-4-2-1-3-7(8)5-6-9(13)14/h1-4,10H,5-6H2,(H,13,14). The van der Waals surface area contributed by atoms with E-state index in [2.05, 4.69) is 0 Å². The minimum atomic E-state index is -2.54. The van der Waals surface area contributed by atoms with Gasteiger partial charge >= 0.3 is 5.97 Å². The van der Waals surface area contributed by atoms with Crippen LogP contribution in [0.4, 0.5) is 8.78 Å². The van der Waals surface area contributed by atoms with Crippen molar-refractivity contribution in [2.45, 2.75) is 19.3 Å². The zero-order valence-corrected chi connectivity index (χ0v) is 7.41. The van der Waals surface area contributed by atoms with E-state index in [0.29, 0.717) is 5.56 Å². The second-order valence-corrected chi connectivity index (χ2v) is 2.89. The predicted molar refractivity (Wildman–Crippen MR) is 47.4 cm³/mol. The van der Waals surface area contributed by atoms with Gasteiger partial charge in [-0.15, -0.1) is 0 Å². The molecule has 0 saturated heterocycles. The van der Waals surface area contributed by atoms with Crippen molar-refractivity contribution >= 4 is 5.97 Å². The highest BCUT2D eigenvalue weighted by atomic mass is 19.3. The predicted octanol–water partition coefficient (Wildman–Crippen LogP) is 2.64. The van der Waals surface area contributed by atoms with Crippen LogP contribution in [0, 0.1) is 0 Å². The number of rotatable bonds is 4. The molecular formula is C10H10F2O2. The van der Waals surface area contributed by atoms with E-state index in [1.807, 2.05) is 0 Å². The molecule has 0 amide bonds. The van der Waals surface area contributed by atoms with Gasteiger partial charge in [0.05, 0.1) is 0 Å². The number of carbonyl (C=O) groups is 1. The number of halogens is 2. The molecule has 0 atom stereocenters. The topological polar surface area (TPSA) is 37.3 Å². The fourth-order valence-corrected chi connectivity index (χ4v) is 1.22. The lowest BCUT2D eigenvalue weighted by atomic mass is 10.0. The quantitative estimate of drug-likeness (QED) is 0.811. The van der Waals surface area contributed by atoms with E-state index in [4.69, 9.17) is 5.11 Å². The molecule has 2 nitrogen and oxygen atoms in total. The Bertz CT molecular complexity index is 324. The first-order valence-electron chi connectivity index (χ1n) is 4.19. The van der Waals surface area contributed by atoms with E-state index in [9.17, 15) is 13.6 Å². The van der Waals surface area contributed by atoms with Crippen molar-refractivity contribution < 1.29 is 18.7 Å². The normalized spacial score (nSPS) is 10.5. The Morgan fingerprint density at radius 2 is 2.00 bits per heavy atom. The Hall–Kier alpha value is -1.45. The molecule has 0 saturated carbocycles. The van der Waals surface area contributed by atoms with E-state index < -0.39 is 12.4 Å². The van der Waals surface area contributed by atoms with Crippen LogP contribution in [0.5, 0.6) is 0 Å². The van der Waals surface area contributed by atoms with Crippen LogP contribution in [-0.4, -0.2) is 11.1 Å². The lowest BCUT2D eigenvalue weighted by Crippen LogP contribution is -2.00. The molecule has 0 radical (unpaired) electrons. The van der Waals surface area contributed by atoms with Crippen LogP contribution in [0.15, 0.2) is 24.3 Å². The molecule has 0 aliphatic rings. The van der Waals surface area contributed by atoms with Crippen LogP contribution in [0.1, 0.15) is 24.0 Å². The highest BCUT2D eigenvalue weighted by Crippen LogP contribution is 2.23. The Balaban J connectivity index is 2.79. The van der Waals surface area contributed by atoms with Crippen LogP contribution in [-0.2, 0) is 11.2 Å². The lowest BCUT2D eigenvalue weighted by Gasteiger charge is -2.06. The van der Waals surface area contributed by atoms with Gasteiger partial charge in [0.2, 0.25) is 0 Å². The molecule has 4 heteroatoms. The molecule has 1 aromatic rings. The molecule has 1 aromatic carbocycles. The smallest absolute Gasteiger partial charge is 0.303 e. The lowest BCUT2D eigenvalue weighted by molar-refractivity contribution is -0.136. The fourth-order valence-electron chi connectivity index (χ4n) is 1.22. The van der Waals surface area contributed by atoms with Gasteiger partial charge < -0.3 is 5.11 Å². The summed E-state index contributed by atoms with van der Waals surface area (Å²) >= 11 is 0. The second-order valence-electron chi connectivity index (χ2n) is 2.89. The summed E-state index contributed by atoms with van der Waals surface area (Å²) in [4.78, 5) is 10.3. The average Bonchev–Trinajstić information content (AvgIpc) is 2.15. The minimum absolute atomic E-state index is 0.0752. The summed E-state index contributed by atoms with van der Waals surface area (Å²) in [6.45, 7) is 0. The summed E-state index contributed by atoms with van der Waals surface area (Å²) in [5, 5.41) is 8.42. The number of alkyl halides is 2. The van der Waals surface area contributed by atoms with Crippen molar-refractivity contribution in [2.75, 3.05) is 0 Å². The number of aryl methyl sites for hydroxylation is 1. The zero-order chi connectivity index (χ0) is 10.6. The van der Waals surface area contributed by atoms with Crippen LogP contribution in [0.2, 0.25) is 0 Å². The fraction of sp³-hybridized carbons (Fsp3) is 0.300. The maximum Gasteiger partial charge on any atom is 0.303 e.